The van der Waals surface area contributed by atoms with E-state index in [1.807, 2.05) is 13.8 Å². The van der Waals surface area contributed by atoms with Crippen LogP contribution in [0.4, 0.5) is 4.79 Å². The van der Waals surface area contributed by atoms with Crippen molar-refractivity contribution in [2.45, 2.75) is 83.7 Å². The summed E-state index contributed by atoms with van der Waals surface area (Å²) in [5, 5.41) is 5.74. The molecule has 31 heavy (non-hydrogen) atoms. The summed E-state index contributed by atoms with van der Waals surface area (Å²) >= 11 is 0. The van der Waals surface area contributed by atoms with Crippen LogP contribution in [0.15, 0.2) is 0 Å². The van der Waals surface area contributed by atoms with Gasteiger partial charge in [-0.25, -0.2) is 4.79 Å². The van der Waals surface area contributed by atoms with Gasteiger partial charge in [-0.1, -0.05) is 13.8 Å². The van der Waals surface area contributed by atoms with Gasteiger partial charge in [0.05, 0.1) is 0 Å². The summed E-state index contributed by atoms with van der Waals surface area (Å²) < 4.78 is 5.09. The van der Waals surface area contributed by atoms with E-state index in [2.05, 4.69) is 17.6 Å². The first-order chi connectivity index (χ1) is 14.7. The molecule has 1 heterocycles. The lowest BCUT2D eigenvalue weighted by Gasteiger charge is -2.59. The van der Waals surface area contributed by atoms with Gasteiger partial charge in [-0.05, 0) is 81.5 Å². The number of imide groups is 1. The molecule has 0 aromatic rings. The van der Waals surface area contributed by atoms with Crippen LogP contribution >= 0.6 is 0 Å². The Kier molecular flexibility index (Phi) is 5.77. The summed E-state index contributed by atoms with van der Waals surface area (Å²) in [4.78, 5) is 50.3. The highest BCUT2D eigenvalue weighted by atomic mass is 16.5. The largest absolute Gasteiger partial charge is 0.454 e. The fourth-order valence-corrected chi connectivity index (χ4v) is 7.01. The van der Waals surface area contributed by atoms with Crippen LogP contribution in [0.3, 0.4) is 0 Å². The highest BCUT2D eigenvalue weighted by Crippen LogP contribution is 2.61. The molecule has 8 nitrogen and oxygen atoms in total. The van der Waals surface area contributed by atoms with Crippen LogP contribution in [0.2, 0.25) is 0 Å². The maximum atomic E-state index is 12.6. The predicted molar refractivity (Wildman–Crippen MR) is 113 cm³/mol. The van der Waals surface area contributed by atoms with E-state index in [9.17, 15) is 19.2 Å². The number of amides is 4. The first kappa shape index (κ1) is 22.1. The van der Waals surface area contributed by atoms with Gasteiger partial charge in [0.1, 0.15) is 12.1 Å². The van der Waals surface area contributed by atoms with Gasteiger partial charge in [0, 0.05) is 6.04 Å². The van der Waals surface area contributed by atoms with Crippen molar-refractivity contribution in [3.8, 4) is 0 Å². The molecule has 172 valence electrons. The zero-order chi connectivity index (χ0) is 22.4. The molecule has 4 bridgehead atoms. The van der Waals surface area contributed by atoms with Gasteiger partial charge in [-0.3, -0.25) is 19.3 Å². The number of hydrogen-bond acceptors (Lipinski definition) is 5. The molecule has 2 N–H and O–H groups in total. The Hall–Kier alpha value is -2.12. The SMILES string of the molecule is CCC1(CC)NC(=O)N(CC(=O)OCC(=O)N[C@@H](C)C23CC4CC(CC(C4)C2)C3)C1=O. The van der Waals surface area contributed by atoms with Crippen molar-refractivity contribution in [2.75, 3.05) is 13.2 Å². The maximum Gasteiger partial charge on any atom is 0.326 e. The fraction of sp³-hybridized carbons (Fsp3) is 0.826. The summed E-state index contributed by atoms with van der Waals surface area (Å²) in [5.74, 6) is 0.886. The molecule has 4 amide bonds. The molecule has 0 aromatic carbocycles. The highest BCUT2D eigenvalue weighted by molar-refractivity contribution is 6.08. The Labute approximate surface area is 183 Å². The van der Waals surface area contributed by atoms with E-state index in [-0.39, 0.29) is 17.4 Å². The van der Waals surface area contributed by atoms with Gasteiger partial charge in [0.2, 0.25) is 0 Å². The number of esters is 1. The first-order valence-electron chi connectivity index (χ1n) is 11.8. The summed E-state index contributed by atoms with van der Waals surface area (Å²) in [5.41, 5.74) is -0.778. The van der Waals surface area contributed by atoms with E-state index in [4.69, 9.17) is 4.74 Å². The maximum absolute atomic E-state index is 12.6. The lowest BCUT2D eigenvalue weighted by atomic mass is 9.48. The van der Waals surface area contributed by atoms with Crippen molar-refractivity contribution in [3.63, 3.8) is 0 Å². The quantitative estimate of drug-likeness (QED) is 0.452. The van der Waals surface area contributed by atoms with Crippen LogP contribution in [0, 0.1) is 23.2 Å². The number of nitrogens with one attached hydrogen (secondary N) is 2. The molecule has 0 radical (unpaired) electrons. The zero-order valence-electron chi connectivity index (χ0n) is 18.9. The molecule has 5 aliphatic rings. The molecule has 5 rings (SSSR count). The second-order valence-corrected chi connectivity index (χ2v) is 10.3. The third-order valence-corrected chi connectivity index (χ3v) is 8.49. The highest BCUT2D eigenvalue weighted by Gasteiger charge is 2.53. The molecule has 8 heteroatoms. The number of hydrogen-bond donors (Lipinski definition) is 2. The number of carbonyl (C=O) groups is 4. The minimum atomic E-state index is -0.956. The average molecular weight is 434 g/mol. The normalized spacial score (nSPS) is 33.9. The van der Waals surface area contributed by atoms with E-state index < -0.39 is 36.6 Å². The van der Waals surface area contributed by atoms with E-state index in [1.165, 1.54) is 38.5 Å². The van der Waals surface area contributed by atoms with Gasteiger partial charge in [0.25, 0.3) is 11.8 Å². The van der Waals surface area contributed by atoms with E-state index in [0.717, 1.165) is 22.7 Å². The summed E-state index contributed by atoms with van der Waals surface area (Å²) in [6.07, 6.45) is 8.48. The van der Waals surface area contributed by atoms with E-state index in [1.54, 1.807) is 0 Å². The molecule has 5 fully saturated rings. The van der Waals surface area contributed by atoms with Crippen molar-refractivity contribution in [2.24, 2.45) is 23.2 Å². The minimum absolute atomic E-state index is 0.0489. The standard InChI is InChI=1S/C23H35N3O5/c1-4-23(5-2)20(29)26(21(30)25-23)12-19(28)31-13-18(27)24-14(3)22-9-15-6-16(10-22)8-17(7-15)11-22/h14-17H,4-13H2,1-3H3,(H,24,27)(H,25,30)/t14-,15?,16?,17?,22?/m0/s1. The van der Waals surface area contributed by atoms with Gasteiger partial charge in [0.15, 0.2) is 6.61 Å². The number of ether oxygens (including phenoxy) is 1. The van der Waals surface area contributed by atoms with Crippen molar-refractivity contribution in [1.29, 1.82) is 0 Å². The van der Waals surface area contributed by atoms with Crippen LogP contribution < -0.4 is 10.6 Å². The van der Waals surface area contributed by atoms with Gasteiger partial charge in [-0.15, -0.1) is 0 Å². The van der Waals surface area contributed by atoms with Crippen LogP contribution in [0.5, 0.6) is 0 Å². The Morgan fingerprint density at radius 2 is 1.65 bits per heavy atom. The summed E-state index contributed by atoms with van der Waals surface area (Å²) in [7, 11) is 0. The van der Waals surface area contributed by atoms with Crippen LogP contribution in [-0.2, 0) is 19.1 Å². The average Bonchev–Trinajstić information content (AvgIpc) is 2.96. The molecule has 0 spiro atoms. The number of nitrogens with zero attached hydrogens (tertiary/aromatic N) is 1. The van der Waals surface area contributed by atoms with E-state index in [0.29, 0.717) is 12.8 Å². The lowest BCUT2D eigenvalue weighted by Crippen LogP contribution is -2.56. The minimum Gasteiger partial charge on any atom is -0.454 e. The van der Waals surface area contributed by atoms with Crippen molar-refractivity contribution >= 4 is 23.8 Å². The van der Waals surface area contributed by atoms with Gasteiger partial charge in [-0.2, -0.15) is 0 Å². The fourth-order valence-electron chi connectivity index (χ4n) is 7.01. The molecule has 4 saturated carbocycles. The summed E-state index contributed by atoms with van der Waals surface area (Å²) in [6.45, 7) is 4.84. The van der Waals surface area contributed by atoms with Gasteiger partial charge < -0.3 is 15.4 Å². The Balaban J connectivity index is 1.26. The Morgan fingerprint density at radius 1 is 1.10 bits per heavy atom. The molecular formula is C23H35N3O5. The molecule has 0 unspecified atom stereocenters. The number of carbonyl (C=O) groups excluding carboxylic acids is 4. The Morgan fingerprint density at radius 3 is 2.13 bits per heavy atom. The van der Waals surface area contributed by atoms with Gasteiger partial charge >= 0.3 is 12.0 Å². The van der Waals surface area contributed by atoms with Crippen molar-refractivity contribution in [3.05, 3.63) is 0 Å². The Bertz CT molecular complexity index is 740. The van der Waals surface area contributed by atoms with Crippen LogP contribution in [0.1, 0.15) is 72.1 Å². The van der Waals surface area contributed by atoms with Crippen molar-refractivity contribution in [1.82, 2.24) is 15.5 Å². The lowest BCUT2D eigenvalue weighted by molar-refractivity contribution is -0.151. The smallest absolute Gasteiger partial charge is 0.326 e. The monoisotopic (exact) mass is 433 g/mol. The topological polar surface area (TPSA) is 105 Å². The summed E-state index contributed by atoms with van der Waals surface area (Å²) in [6, 6.07) is -0.543. The molecule has 4 aliphatic carbocycles. The first-order valence-corrected chi connectivity index (χ1v) is 11.8. The predicted octanol–water partition coefficient (Wildman–Crippen LogP) is 2.36. The molecule has 0 aromatic heterocycles. The molecule has 1 saturated heterocycles. The number of rotatable bonds is 8. The molecule has 1 aliphatic heterocycles. The van der Waals surface area contributed by atoms with Crippen LogP contribution in [0.25, 0.3) is 0 Å². The number of urea groups is 1. The van der Waals surface area contributed by atoms with Crippen molar-refractivity contribution < 1.29 is 23.9 Å². The zero-order valence-corrected chi connectivity index (χ0v) is 18.9. The second kappa shape index (κ2) is 8.10. The van der Waals surface area contributed by atoms with E-state index >= 15 is 0 Å². The molecular weight excluding hydrogens is 398 g/mol. The third-order valence-electron chi connectivity index (χ3n) is 8.49. The molecule has 1 atom stereocenters. The van der Waals surface area contributed by atoms with Crippen LogP contribution in [-0.4, -0.2) is 53.4 Å². The second-order valence-electron chi connectivity index (χ2n) is 10.3. The third kappa shape index (κ3) is 3.94.